The Morgan fingerprint density at radius 1 is 1.03 bits per heavy atom. The summed E-state index contributed by atoms with van der Waals surface area (Å²) in [5, 5.41) is 5.13. The van der Waals surface area contributed by atoms with E-state index in [0.29, 0.717) is 29.9 Å². The van der Waals surface area contributed by atoms with E-state index >= 15 is 0 Å². The molecule has 1 heterocycles. The Hall–Kier alpha value is -3.45. The first kappa shape index (κ1) is 25.6. The second-order valence-electron chi connectivity index (χ2n) is 8.73. The number of hydrogen-bond acceptors (Lipinski definition) is 5. The number of benzene rings is 3. The highest BCUT2D eigenvalue weighted by molar-refractivity contribution is 9.10. The maximum absolute atomic E-state index is 13.6. The average molecular weight is 548 g/mol. The summed E-state index contributed by atoms with van der Waals surface area (Å²) in [6.07, 6.45) is 1.66. The molecule has 0 bridgehead atoms. The Morgan fingerprint density at radius 3 is 2.44 bits per heavy atom. The Labute approximate surface area is 219 Å². The van der Waals surface area contributed by atoms with Crippen LogP contribution in [0.5, 0.6) is 11.5 Å². The zero-order valence-electron chi connectivity index (χ0n) is 21.2. The van der Waals surface area contributed by atoms with E-state index in [9.17, 15) is 4.79 Å². The van der Waals surface area contributed by atoms with Crippen molar-refractivity contribution < 1.29 is 9.47 Å². The first-order valence-electron chi connectivity index (χ1n) is 12.1. The summed E-state index contributed by atoms with van der Waals surface area (Å²) in [5.74, 6) is 2.33. The summed E-state index contributed by atoms with van der Waals surface area (Å²) in [7, 11) is 0. The minimum absolute atomic E-state index is 0.226. The van der Waals surface area contributed by atoms with Crippen molar-refractivity contribution in [2.75, 3.05) is 13.2 Å². The lowest BCUT2D eigenvalue weighted by atomic mass is 9.96. The summed E-state index contributed by atoms with van der Waals surface area (Å²) < 4.78 is 13.7. The van der Waals surface area contributed by atoms with Crippen LogP contribution in [-0.4, -0.2) is 29.1 Å². The van der Waals surface area contributed by atoms with Gasteiger partial charge in [-0.25, -0.2) is 4.98 Å². The van der Waals surface area contributed by atoms with Crippen LogP contribution >= 0.6 is 15.9 Å². The van der Waals surface area contributed by atoms with E-state index in [1.807, 2.05) is 63.2 Å². The summed E-state index contributed by atoms with van der Waals surface area (Å²) in [6.45, 7) is 11.3. The molecule has 0 spiro atoms. The van der Waals surface area contributed by atoms with Gasteiger partial charge in [0.25, 0.3) is 5.56 Å². The van der Waals surface area contributed by atoms with Crippen molar-refractivity contribution in [3.8, 4) is 22.9 Å². The van der Waals surface area contributed by atoms with E-state index in [2.05, 4.69) is 40.9 Å². The topological polar surface area (TPSA) is 65.7 Å². The normalized spacial score (nSPS) is 11.5. The lowest BCUT2D eigenvalue weighted by molar-refractivity contribution is 0.335. The number of aryl methyl sites for hydroxylation is 1. The third kappa shape index (κ3) is 5.21. The summed E-state index contributed by atoms with van der Waals surface area (Å²) in [6, 6.07) is 17.1. The number of halogens is 1. The van der Waals surface area contributed by atoms with Gasteiger partial charge in [0.1, 0.15) is 11.5 Å². The molecule has 0 saturated heterocycles. The van der Waals surface area contributed by atoms with E-state index < -0.39 is 0 Å². The van der Waals surface area contributed by atoms with Gasteiger partial charge in [0.15, 0.2) is 5.82 Å². The van der Waals surface area contributed by atoms with Crippen molar-refractivity contribution in [2.24, 2.45) is 5.10 Å². The Balaban J connectivity index is 1.92. The second-order valence-corrected chi connectivity index (χ2v) is 9.58. The third-order valence-electron chi connectivity index (χ3n) is 5.85. The highest BCUT2D eigenvalue weighted by Crippen LogP contribution is 2.34. The third-order valence-corrected chi connectivity index (χ3v) is 6.47. The molecule has 0 aliphatic heterocycles. The van der Waals surface area contributed by atoms with E-state index in [-0.39, 0.29) is 11.5 Å². The number of fused-ring (bicyclic) bond motifs is 1. The molecule has 0 atom stereocenters. The molecule has 0 unspecified atom stereocenters. The van der Waals surface area contributed by atoms with Crippen molar-refractivity contribution in [2.45, 2.75) is 40.5 Å². The predicted octanol–water partition coefficient (Wildman–Crippen LogP) is 6.94. The van der Waals surface area contributed by atoms with Gasteiger partial charge in [-0.05, 0) is 102 Å². The summed E-state index contributed by atoms with van der Waals surface area (Å²) in [5.41, 5.74) is 4.09. The molecule has 6 nitrogen and oxygen atoms in total. The van der Waals surface area contributed by atoms with Crippen molar-refractivity contribution in [3.05, 3.63) is 86.1 Å². The van der Waals surface area contributed by atoms with Gasteiger partial charge in [-0.2, -0.15) is 9.78 Å². The van der Waals surface area contributed by atoms with Crippen LogP contribution in [0.25, 0.3) is 22.3 Å². The van der Waals surface area contributed by atoms with Crippen molar-refractivity contribution >= 4 is 33.0 Å². The fraction of sp³-hybridized carbons (Fsp3) is 0.276. The standard InChI is InChI=1S/C29H30BrN3O3/c1-6-35-26-13-12-20(15-24(26)30)17-31-33-28(32-25-11-9-8-10-21(25)29(33)34)23-16-22(18(3)4)27(36-7-2)14-19(23)5/h8-18H,6-7H2,1-5H3. The summed E-state index contributed by atoms with van der Waals surface area (Å²) in [4.78, 5) is 18.5. The number of nitrogens with zero attached hydrogens (tertiary/aromatic N) is 3. The van der Waals surface area contributed by atoms with Crippen LogP contribution in [-0.2, 0) is 0 Å². The predicted molar refractivity (Wildman–Crippen MR) is 150 cm³/mol. The second kappa shape index (κ2) is 11.1. The van der Waals surface area contributed by atoms with E-state index in [1.54, 1.807) is 12.3 Å². The molecule has 0 aliphatic carbocycles. The Bertz CT molecular complexity index is 1490. The highest BCUT2D eigenvalue weighted by atomic mass is 79.9. The molecular formula is C29H30BrN3O3. The van der Waals surface area contributed by atoms with Crippen molar-refractivity contribution in [1.29, 1.82) is 0 Å². The van der Waals surface area contributed by atoms with E-state index in [0.717, 1.165) is 38.2 Å². The molecule has 0 radical (unpaired) electrons. The molecule has 0 aliphatic rings. The molecule has 3 aromatic carbocycles. The highest BCUT2D eigenvalue weighted by Gasteiger charge is 2.18. The maximum Gasteiger partial charge on any atom is 0.282 e. The van der Waals surface area contributed by atoms with Crippen LogP contribution < -0.4 is 15.0 Å². The van der Waals surface area contributed by atoms with Crippen molar-refractivity contribution in [1.82, 2.24) is 9.66 Å². The van der Waals surface area contributed by atoms with Crippen LogP contribution in [0, 0.1) is 6.92 Å². The number of aromatic nitrogens is 2. The van der Waals surface area contributed by atoms with Crippen LogP contribution in [0.15, 0.2) is 69.0 Å². The monoisotopic (exact) mass is 547 g/mol. The number of rotatable bonds is 8. The van der Waals surface area contributed by atoms with Crippen LogP contribution in [0.1, 0.15) is 50.3 Å². The molecule has 0 N–H and O–H groups in total. The van der Waals surface area contributed by atoms with Gasteiger partial charge in [-0.3, -0.25) is 4.79 Å². The van der Waals surface area contributed by atoms with Gasteiger partial charge in [0.05, 0.1) is 34.8 Å². The molecule has 36 heavy (non-hydrogen) atoms. The van der Waals surface area contributed by atoms with Crippen LogP contribution in [0.3, 0.4) is 0 Å². The minimum Gasteiger partial charge on any atom is -0.494 e. The molecule has 0 amide bonds. The maximum atomic E-state index is 13.6. The van der Waals surface area contributed by atoms with E-state index in [4.69, 9.17) is 14.5 Å². The molecule has 4 rings (SSSR count). The number of para-hydroxylation sites is 1. The quantitative estimate of drug-likeness (QED) is 0.224. The molecule has 186 valence electrons. The zero-order valence-corrected chi connectivity index (χ0v) is 22.8. The molecule has 0 saturated carbocycles. The van der Waals surface area contributed by atoms with Crippen LogP contribution in [0.4, 0.5) is 0 Å². The first-order chi connectivity index (χ1) is 17.3. The first-order valence-corrected chi connectivity index (χ1v) is 12.9. The van der Waals surface area contributed by atoms with Gasteiger partial charge >= 0.3 is 0 Å². The fourth-order valence-corrected chi connectivity index (χ4v) is 4.58. The Morgan fingerprint density at radius 2 is 1.75 bits per heavy atom. The van der Waals surface area contributed by atoms with Gasteiger partial charge in [0.2, 0.25) is 0 Å². The van der Waals surface area contributed by atoms with Crippen LogP contribution in [0.2, 0.25) is 0 Å². The molecule has 7 heteroatoms. The van der Waals surface area contributed by atoms with E-state index in [1.165, 1.54) is 4.68 Å². The molecular weight excluding hydrogens is 518 g/mol. The molecule has 4 aromatic rings. The number of hydrogen-bond donors (Lipinski definition) is 0. The lowest BCUT2D eigenvalue weighted by Crippen LogP contribution is -2.20. The van der Waals surface area contributed by atoms with Gasteiger partial charge in [-0.1, -0.05) is 26.0 Å². The number of ether oxygens (including phenoxy) is 2. The zero-order chi connectivity index (χ0) is 25.8. The molecule has 1 aromatic heterocycles. The SMILES string of the molecule is CCOc1ccc(C=Nn2c(-c3cc(C(C)C)c(OCC)cc3C)nc3ccccc3c2=O)cc1Br. The smallest absolute Gasteiger partial charge is 0.282 e. The van der Waals surface area contributed by atoms with Gasteiger partial charge in [-0.15, -0.1) is 0 Å². The van der Waals surface area contributed by atoms with Gasteiger partial charge < -0.3 is 9.47 Å². The lowest BCUT2D eigenvalue weighted by Gasteiger charge is -2.18. The van der Waals surface area contributed by atoms with Gasteiger partial charge in [0, 0.05) is 5.56 Å². The molecule has 0 fully saturated rings. The largest absolute Gasteiger partial charge is 0.494 e. The minimum atomic E-state index is -0.226. The Kier molecular flexibility index (Phi) is 7.89. The fourth-order valence-electron chi connectivity index (χ4n) is 4.07. The average Bonchev–Trinajstić information content (AvgIpc) is 2.85. The van der Waals surface area contributed by atoms with Crippen molar-refractivity contribution in [3.63, 3.8) is 0 Å². The summed E-state index contributed by atoms with van der Waals surface area (Å²) >= 11 is 3.54.